The first-order valence-electron chi connectivity index (χ1n) is 4.39. The zero-order chi connectivity index (χ0) is 10.1. The summed E-state index contributed by atoms with van der Waals surface area (Å²) in [7, 11) is 0. The number of hydrogen-bond acceptors (Lipinski definition) is 3. The molecule has 0 bridgehead atoms. The highest BCUT2D eigenvalue weighted by atomic mass is 32.2. The van der Waals surface area contributed by atoms with Gasteiger partial charge >= 0.3 is 0 Å². The van der Waals surface area contributed by atoms with Crippen LogP contribution in [-0.2, 0) is 9.59 Å². The summed E-state index contributed by atoms with van der Waals surface area (Å²) in [5.41, 5.74) is -0.409. The van der Waals surface area contributed by atoms with E-state index >= 15 is 0 Å². The van der Waals surface area contributed by atoms with Gasteiger partial charge in [0.15, 0.2) is 0 Å². The van der Waals surface area contributed by atoms with E-state index in [4.69, 9.17) is 0 Å². The van der Waals surface area contributed by atoms with E-state index in [1.807, 2.05) is 20.8 Å². The van der Waals surface area contributed by atoms with Crippen molar-refractivity contribution in [1.29, 1.82) is 0 Å². The maximum Gasteiger partial charge on any atom is 0.225 e. The van der Waals surface area contributed by atoms with Gasteiger partial charge in [0.2, 0.25) is 11.0 Å². The predicted octanol–water partition coefficient (Wildman–Crippen LogP) is 1.43. The molecule has 1 aliphatic rings. The smallest absolute Gasteiger partial charge is 0.225 e. The number of rotatable bonds is 1. The van der Waals surface area contributed by atoms with Crippen molar-refractivity contribution in [2.75, 3.05) is 5.75 Å². The second kappa shape index (κ2) is 3.70. The largest absolute Gasteiger partial charge is 0.345 e. The third kappa shape index (κ3) is 2.72. The lowest BCUT2D eigenvalue weighted by Crippen LogP contribution is -2.43. The molecule has 0 aromatic carbocycles. The second-order valence-corrected chi connectivity index (χ2v) is 5.33. The molecule has 1 rings (SSSR count). The predicted molar refractivity (Wildman–Crippen MR) is 55.6 cm³/mol. The summed E-state index contributed by atoms with van der Waals surface area (Å²) in [6, 6.07) is -0.253. The van der Waals surface area contributed by atoms with Gasteiger partial charge in [0.1, 0.15) is 0 Å². The standard InChI is InChI=1S/C9H15NO2S.H2/c1-9(2,3)8(12)10-6-4-5-13-7(6)11;/h6H,4-5H2,1-3H3,(H,10,12);1H. The van der Waals surface area contributed by atoms with Gasteiger partial charge in [0.25, 0.3) is 0 Å². The molecule has 1 atom stereocenters. The van der Waals surface area contributed by atoms with Crippen LogP contribution in [0.4, 0.5) is 0 Å². The maximum absolute atomic E-state index is 11.5. The third-order valence-electron chi connectivity index (χ3n) is 1.92. The highest BCUT2D eigenvalue weighted by Crippen LogP contribution is 2.21. The Morgan fingerprint density at radius 3 is 2.62 bits per heavy atom. The molecule has 1 unspecified atom stereocenters. The number of nitrogens with one attached hydrogen (secondary N) is 1. The molecule has 0 aliphatic carbocycles. The molecule has 0 aromatic heterocycles. The topological polar surface area (TPSA) is 46.2 Å². The zero-order valence-corrected chi connectivity index (χ0v) is 9.03. The van der Waals surface area contributed by atoms with Crippen LogP contribution in [0, 0.1) is 5.41 Å². The highest BCUT2D eigenvalue weighted by molar-refractivity contribution is 8.14. The normalized spacial score (nSPS) is 23.3. The fourth-order valence-electron chi connectivity index (χ4n) is 1.00. The molecule has 0 spiro atoms. The second-order valence-electron chi connectivity index (χ2n) is 4.23. The van der Waals surface area contributed by atoms with Crippen LogP contribution in [-0.4, -0.2) is 22.8 Å². The van der Waals surface area contributed by atoms with Crippen LogP contribution in [0.2, 0.25) is 0 Å². The minimum Gasteiger partial charge on any atom is -0.345 e. The molecule has 1 aliphatic heterocycles. The van der Waals surface area contributed by atoms with E-state index in [0.717, 1.165) is 12.2 Å². The molecule has 1 saturated heterocycles. The van der Waals surface area contributed by atoms with E-state index in [1.54, 1.807) is 0 Å². The Balaban J connectivity index is 0.00000169. The molecule has 0 saturated carbocycles. The number of amides is 1. The van der Waals surface area contributed by atoms with Crippen LogP contribution in [0.1, 0.15) is 28.6 Å². The summed E-state index contributed by atoms with van der Waals surface area (Å²) < 4.78 is 0. The Bertz CT molecular complexity index is 237. The van der Waals surface area contributed by atoms with Crippen molar-refractivity contribution in [2.24, 2.45) is 5.41 Å². The molecular weight excluding hydrogens is 186 g/mol. The van der Waals surface area contributed by atoms with Crippen molar-refractivity contribution in [1.82, 2.24) is 5.32 Å². The first kappa shape index (κ1) is 10.6. The average molecular weight is 203 g/mol. The van der Waals surface area contributed by atoms with Gasteiger partial charge in [-0.2, -0.15) is 0 Å². The summed E-state index contributed by atoms with van der Waals surface area (Å²) in [5, 5.41) is 2.85. The van der Waals surface area contributed by atoms with Gasteiger partial charge in [-0.15, -0.1) is 0 Å². The highest BCUT2D eigenvalue weighted by Gasteiger charge is 2.30. The van der Waals surface area contributed by atoms with Crippen molar-refractivity contribution in [3.63, 3.8) is 0 Å². The molecule has 4 heteroatoms. The van der Waals surface area contributed by atoms with Gasteiger partial charge in [-0.3, -0.25) is 9.59 Å². The first-order valence-corrected chi connectivity index (χ1v) is 5.37. The number of carbonyl (C=O) groups is 2. The Kier molecular flexibility index (Phi) is 3.01. The Hall–Kier alpha value is -0.510. The SMILES string of the molecule is CC(C)(C)C(=O)NC1CCSC1=O.[HH]. The van der Waals surface area contributed by atoms with Crippen molar-refractivity contribution < 1.29 is 11.0 Å². The monoisotopic (exact) mass is 203 g/mol. The van der Waals surface area contributed by atoms with Crippen molar-refractivity contribution >= 4 is 22.8 Å². The van der Waals surface area contributed by atoms with E-state index < -0.39 is 5.41 Å². The quantitative estimate of drug-likeness (QED) is 0.701. The molecule has 1 heterocycles. The van der Waals surface area contributed by atoms with Crippen LogP contribution in [0.25, 0.3) is 0 Å². The lowest BCUT2D eigenvalue weighted by molar-refractivity contribution is -0.130. The van der Waals surface area contributed by atoms with E-state index in [0.29, 0.717) is 0 Å². The fourth-order valence-corrected chi connectivity index (χ4v) is 1.93. The molecule has 1 amide bonds. The van der Waals surface area contributed by atoms with Gasteiger partial charge in [0, 0.05) is 12.6 Å². The summed E-state index contributed by atoms with van der Waals surface area (Å²) in [6.45, 7) is 5.53. The number of hydrogen-bond donors (Lipinski definition) is 1. The van der Waals surface area contributed by atoms with Crippen LogP contribution >= 0.6 is 11.8 Å². The first-order chi connectivity index (χ1) is 5.91. The minimum atomic E-state index is -0.409. The third-order valence-corrected chi connectivity index (χ3v) is 2.93. The van der Waals surface area contributed by atoms with E-state index in [9.17, 15) is 9.59 Å². The number of carbonyl (C=O) groups excluding carboxylic acids is 2. The number of thioether (sulfide) groups is 1. The molecule has 1 fully saturated rings. The van der Waals surface area contributed by atoms with E-state index in [1.165, 1.54) is 11.8 Å². The molecule has 76 valence electrons. The summed E-state index contributed by atoms with van der Waals surface area (Å²) in [6.07, 6.45) is 0.769. The van der Waals surface area contributed by atoms with Gasteiger partial charge < -0.3 is 5.32 Å². The van der Waals surface area contributed by atoms with Gasteiger partial charge in [-0.1, -0.05) is 32.5 Å². The lowest BCUT2D eigenvalue weighted by atomic mass is 9.95. The van der Waals surface area contributed by atoms with Gasteiger partial charge in [-0.05, 0) is 6.42 Å². The minimum absolute atomic E-state index is 0. The van der Waals surface area contributed by atoms with Gasteiger partial charge in [0.05, 0.1) is 6.04 Å². The summed E-state index contributed by atoms with van der Waals surface area (Å²) in [4.78, 5) is 22.7. The Morgan fingerprint density at radius 1 is 1.62 bits per heavy atom. The molecular formula is C9H17NO2S. The molecule has 1 N–H and O–H groups in total. The van der Waals surface area contributed by atoms with Crippen LogP contribution in [0.15, 0.2) is 0 Å². The Labute approximate surface area is 84.1 Å². The maximum atomic E-state index is 11.5. The molecule has 0 radical (unpaired) electrons. The lowest BCUT2D eigenvalue weighted by Gasteiger charge is -2.20. The molecule has 3 nitrogen and oxygen atoms in total. The van der Waals surface area contributed by atoms with Crippen LogP contribution < -0.4 is 5.32 Å². The van der Waals surface area contributed by atoms with Crippen LogP contribution in [0.5, 0.6) is 0 Å². The van der Waals surface area contributed by atoms with Crippen molar-refractivity contribution in [2.45, 2.75) is 33.2 Å². The zero-order valence-electron chi connectivity index (χ0n) is 8.22. The Morgan fingerprint density at radius 2 is 2.23 bits per heavy atom. The van der Waals surface area contributed by atoms with Crippen molar-refractivity contribution in [3.05, 3.63) is 0 Å². The van der Waals surface area contributed by atoms with E-state index in [2.05, 4.69) is 5.32 Å². The van der Waals surface area contributed by atoms with Crippen molar-refractivity contribution in [3.8, 4) is 0 Å². The van der Waals surface area contributed by atoms with E-state index in [-0.39, 0.29) is 18.5 Å². The fraction of sp³-hybridized carbons (Fsp3) is 0.778. The van der Waals surface area contributed by atoms with Gasteiger partial charge in [-0.25, -0.2) is 0 Å². The molecule has 13 heavy (non-hydrogen) atoms. The van der Waals surface area contributed by atoms with Crippen LogP contribution in [0.3, 0.4) is 0 Å². The molecule has 0 aromatic rings. The average Bonchev–Trinajstić information content (AvgIpc) is 2.34. The summed E-state index contributed by atoms with van der Waals surface area (Å²) in [5.74, 6) is 0.779. The summed E-state index contributed by atoms with van der Waals surface area (Å²) >= 11 is 1.30.